The van der Waals surface area contributed by atoms with Gasteiger partial charge in [-0.05, 0) is 62.2 Å². The van der Waals surface area contributed by atoms with Crippen LogP contribution in [-0.4, -0.2) is 20.7 Å². The second kappa shape index (κ2) is 8.65. The van der Waals surface area contributed by atoms with Crippen LogP contribution in [0.3, 0.4) is 0 Å². The molecule has 4 rings (SSSR count). The lowest BCUT2D eigenvalue weighted by Gasteiger charge is -2.10. The number of rotatable bonds is 4. The number of aromatic nitrogens is 3. The molecule has 0 atom stereocenters. The third kappa shape index (κ3) is 4.40. The fourth-order valence-corrected chi connectivity index (χ4v) is 3.77. The molecule has 3 aromatic carbocycles. The van der Waals surface area contributed by atoms with Crippen molar-refractivity contribution in [3.05, 3.63) is 92.7 Å². The van der Waals surface area contributed by atoms with Gasteiger partial charge in [-0.2, -0.15) is 0 Å². The van der Waals surface area contributed by atoms with Crippen LogP contribution in [0.25, 0.3) is 17.1 Å². The SMILES string of the molecule is Cc1ccc(-n2nc(C(=O)Nc3cccc(Cl)c3C)nc2-c2ccc(Br)cc2)c(C)c1. The van der Waals surface area contributed by atoms with Crippen molar-refractivity contribution >= 4 is 39.1 Å². The van der Waals surface area contributed by atoms with Gasteiger partial charge in [0.05, 0.1) is 5.69 Å². The summed E-state index contributed by atoms with van der Waals surface area (Å²) in [6.07, 6.45) is 0. The van der Waals surface area contributed by atoms with Gasteiger partial charge >= 0.3 is 0 Å². The molecule has 0 aliphatic rings. The van der Waals surface area contributed by atoms with Gasteiger partial charge in [0.1, 0.15) is 0 Å². The number of carbonyl (C=O) groups excluding carboxylic acids is 1. The quantitative estimate of drug-likeness (QED) is 0.350. The highest BCUT2D eigenvalue weighted by Crippen LogP contribution is 2.27. The van der Waals surface area contributed by atoms with E-state index in [-0.39, 0.29) is 5.82 Å². The number of amides is 1. The van der Waals surface area contributed by atoms with E-state index in [1.807, 2.05) is 57.2 Å². The van der Waals surface area contributed by atoms with Crippen molar-refractivity contribution in [2.24, 2.45) is 0 Å². The van der Waals surface area contributed by atoms with E-state index >= 15 is 0 Å². The molecule has 0 radical (unpaired) electrons. The number of hydrogen-bond donors (Lipinski definition) is 1. The number of halogens is 2. The predicted molar refractivity (Wildman–Crippen MR) is 128 cm³/mol. The first-order valence-electron chi connectivity index (χ1n) is 9.70. The van der Waals surface area contributed by atoms with E-state index in [0.717, 1.165) is 32.4 Å². The summed E-state index contributed by atoms with van der Waals surface area (Å²) in [5.74, 6) is 0.275. The first-order chi connectivity index (χ1) is 14.8. The number of aryl methyl sites for hydroxylation is 2. The molecular weight excluding hydrogens is 476 g/mol. The highest BCUT2D eigenvalue weighted by Gasteiger charge is 2.20. The Kier molecular flexibility index (Phi) is 5.94. The molecule has 0 saturated heterocycles. The molecule has 31 heavy (non-hydrogen) atoms. The molecule has 7 heteroatoms. The minimum absolute atomic E-state index is 0.0808. The molecule has 1 aromatic heterocycles. The monoisotopic (exact) mass is 494 g/mol. The molecule has 0 unspecified atom stereocenters. The molecule has 0 bridgehead atoms. The number of carbonyl (C=O) groups is 1. The molecule has 1 amide bonds. The van der Waals surface area contributed by atoms with E-state index in [2.05, 4.69) is 37.4 Å². The largest absolute Gasteiger partial charge is 0.319 e. The van der Waals surface area contributed by atoms with Crippen molar-refractivity contribution in [2.75, 3.05) is 5.32 Å². The standard InChI is InChI=1S/C24H20BrClN4O/c1-14-7-12-21(15(2)13-14)30-23(17-8-10-18(25)11-9-17)28-22(29-30)24(31)27-20-6-4-5-19(26)16(20)3/h4-13H,1-3H3,(H,27,31). The predicted octanol–water partition coefficient (Wildman–Crippen LogP) is 6.53. The van der Waals surface area contributed by atoms with Gasteiger partial charge in [0.25, 0.3) is 5.91 Å². The minimum Gasteiger partial charge on any atom is -0.319 e. The molecule has 0 spiro atoms. The summed E-state index contributed by atoms with van der Waals surface area (Å²) < 4.78 is 2.68. The average Bonchev–Trinajstić information content (AvgIpc) is 3.17. The summed E-state index contributed by atoms with van der Waals surface area (Å²) in [5, 5.41) is 8.03. The molecule has 1 heterocycles. The van der Waals surface area contributed by atoms with Crippen LogP contribution in [0.1, 0.15) is 27.3 Å². The molecule has 5 nitrogen and oxygen atoms in total. The van der Waals surface area contributed by atoms with Gasteiger partial charge in [-0.15, -0.1) is 5.10 Å². The molecular formula is C24H20BrClN4O. The van der Waals surface area contributed by atoms with E-state index in [1.165, 1.54) is 0 Å². The zero-order valence-corrected chi connectivity index (χ0v) is 19.6. The van der Waals surface area contributed by atoms with Crippen molar-refractivity contribution in [1.29, 1.82) is 0 Å². The van der Waals surface area contributed by atoms with Crippen LogP contribution < -0.4 is 5.32 Å². The Hall–Kier alpha value is -2.96. The molecule has 0 saturated carbocycles. The molecule has 0 fully saturated rings. The Bertz CT molecular complexity index is 1280. The van der Waals surface area contributed by atoms with Gasteiger partial charge in [-0.1, -0.05) is 63.4 Å². The summed E-state index contributed by atoms with van der Waals surface area (Å²) in [5.41, 5.74) is 5.34. The topological polar surface area (TPSA) is 59.8 Å². The minimum atomic E-state index is -0.396. The Labute approximate surface area is 194 Å². The molecule has 0 aliphatic heterocycles. The second-order valence-electron chi connectivity index (χ2n) is 7.33. The molecule has 4 aromatic rings. The lowest BCUT2D eigenvalue weighted by molar-refractivity contribution is 0.101. The molecule has 0 aliphatic carbocycles. The number of anilines is 1. The highest BCUT2D eigenvalue weighted by atomic mass is 79.9. The second-order valence-corrected chi connectivity index (χ2v) is 8.66. The van der Waals surface area contributed by atoms with Crippen LogP contribution >= 0.6 is 27.5 Å². The van der Waals surface area contributed by atoms with E-state index in [9.17, 15) is 4.79 Å². The number of nitrogens with zero attached hydrogens (tertiary/aromatic N) is 3. The normalized spacial score (nSPS) is 10.9. The van der Waals surface area contributed by atoms with Gasteiger partial charge < -0.3 is 5.32 Å². The maximum absolute atomic E-state index is 13.0. The van der Waals surface area contributed by atoms with Crippen molar-refractivity contribution in [1.82, 2.24) is 14.8 Å². The van der Waals surface area contributed by atoms with Crippen LogP contribution in [0.4, 0.5) is 5.69 Å². The van der Waals surface area contributed by atoms with Crippen LogP contribution in [-0.2, 0) is 0 Å². The van der Waals surface area contributed by atoms with Crippen LogP contribution in [0, 0.1) is 20.8 Å². The van der Waals surface area contributed by atoms with E-state index in [1.54, 1.807) is 22.9 Å². The highest BCUT2D eigenvalue weighted by molar-refractivity contribution is 9.10. The third-order valence-electron chi connectivity index (χ3n) is 5.01. The van der Waals surface area contributed by atoms with Crippen LogP contribution in [0.15, 0.2) is 65.1 Å². The number of benzene rings is 3. The Balaban J connectivity index is 1.80. The van der Waals surface area contributed by atoms with Crippen molar-refractivity contribution < 1.29 is 4.79 Å². The lowest BCUT2D eigenvalue weighted by atomic mass is 10.1. The summed E-state index contributed by atoms with van der Waals surface area (Å²) >= 11 is 9.65. The third-order valence-corrected chi connectivity index (χ3v) is 5.95. The Morgan fingerprint density at radius 2 is 1.77 bits per heavy atom. The maximum Gasteiger partial charge on any atom is 0.295 e. The van der Waals surface area contributed by atoms with Gasteiger partial charge in [-0.25, -0.2) is 9.67 Å². The molecule has 1 N–H and O–H groups in total. The summed E-state index contributed by atoms with van der Waals surface area (Å²) in [7, 11) is 0. The smallest absolute Gasteiger partial charge is 0.295 e. The van der Waals surface area contributed by atoms with E-state index in [0.29, 0.717) is 16.5 Å². The van der Waals surface area contributed by atoms with Crippen LogP contribution in [0.5, 0.6) is 0 Å². The summed E-state index contributed by atoms with van der Waals surface area (Å²) in [4.78, 5) is 17.6. The van der Waals surface area contributed by atoms with Crippen molar-refractivity contribution in [3.63, 3.8) is 0 Å². The van der Waals surface area contributed by atoms with Crippen LogP contribution in [0.2, 0.25) is 5.02 Å². The van der Waals surface area contributed by atoms with Crippen molar-refractivity contribution in [3.8, 4) is 17.1 Å². The lowest BCUT2D eigenvalue weighted by Crippen LogP contribution is -2.15. The first kappa shape index (κ1) is 21.3. The van der Waals surface area contributed by atoms with E-state index in [4.69, 9.17) is 11.6 Å². The summed E-state index contributed by atoms with van der Waals surface area (Å²) in [6.45, 7) is 5.91. The zero-order chi connectivity index (χ0) is 22.1. The van der Waals surface area contributed by atoms with Gasteiger partial charge in [0.15, 0.2) is 5.82 Å². The Morgan fingerprint density at radius 3 is 2.48 bits per heavy atom. The molecule has 156 valence electrons. The Morgan fingerprint density at radius 1 is 1.03 bits per heavy atom. The average molecular weight is 496 g/mol. The fraction of sp³-hybridized carbons (Fsp3) is 0.125. The maximum atomic E-state index is 13.0. The summed E-state index contributed by atoms with van der Waals surface area (Å²) in [6, 6.07) is 19.2. The van der Waals surface area contributed by atoms with E-state index < -0.39 is 5.91 Å². The fourth-order valence-electron chi connectivity index (χ4n) is 3.33. The number of hydrogen-bond acceptors (Lipinski definition) is 3. The first-order valence-corrected chi connectivity index (χ1v) is 10.9. The van der Waals surface area contributed by atoms with Gasteiger partial charge in [0.2, 0.25) is 5.82 Å². The van der Waals surface area contributed by atoms with Crippen molar-refractivity contribution in [2.45, 2.75) is 20.8 Å². The van der Waals surface area contributed by atoms with Gasteiger partial charge in [0, 0.05) is 20.7 Å². The number of nitrogens with one attached hydrogen (secondary N) is 1. The van der Waals surface area contributed by atoms with Gasteiger partial charge in [-0.3, -0.25) is 4.79 Å². The zero-order valence-electron chi connectivity index (χ0n) is 17.3.